The molecule has 2 heterocycles. The number of hydrogen-bond acceptors (Lipinski definition) is 4. The third-order valence-corrected chi connectivity index (χ3v) is 6.04. The average Bonchev–Trinajstić information content (AvgIpc) is 2.61. The van der Waals surface area contributed by atoms with E-state index in [1.165, 1.54) is 0 Å². The van der Waals surface area contributed by atoms with Crippen molar-refractivity contribution in [3.05, 3.63) is 36.4 Å². The summed E-state index contributed by atoms with van der Waals surface area (Å²) < 4.78 is 23.2. The van der Waals surface area contributed by atoms with E-state index in [-0.39, 0.29) is 10.8 Å². The molecule has 4 heteroatoms. The standard InChI is InChI=1S/C22H28O4/c1-3-21(11-23-12-21)15-25-19-9-10-20(18-8-6-5-7-17(18)19)26-16-22(4-2)13-24-14-22/h5-10H,3-4,11-16H2,1-2H3. The van der Waals surface area contributed by atoms with E-state index in [2.05, 4.69) is 26.0 Å². The normalized spacial score (nSPS) is 20.2. The minimum absolute atomic E-state index is 0.175. The summed E-state index contributed by atoms with van der Waals surface area (Å²) in [5.74, 6) is 1.84. The molecule has 2 aliphatic heterocycles. The Labute approximate surface area is 155 Å². The maximum absolute atomic E-state index is 6.22. The number of benzene rings is 2. The largest absolute Gasteiger partial charge is 0.492 e. The average molecular weight is 356 g/mol. The molecule has 0 radical (unpaired) electrons. The van der Waals surface area contributed by atoms with Crippen LogP contribution in [0.5, 0.6) is 11.5 Å². The van der Waals surface area contributed by atoms with Crippen LogP contribution < -0.4 is 9.47 Å². The predicted octanol–water partition coefficient (Wildman–Crippen LogP) is 4.45. The summed E-state index contributed by atoms with van der Waals surface area (Å²) in [7, 11) is 0. The quantitative estimate of drug-likeness (QED) is 0.700. The van der Waals surface area contributed by atoms with Crippen LogP contribution in [0.25, 0.3) is 10.8 Å². The Morgan fingerprint density at radius 3 is 1.46 bits per heavy atom. The van der Waals surface area contributed by atoms with Crippen molar-refractivity contribution in [1.82, 2.24) is 0 Å². The molecular formula is C22H28O4. The van der Waals surface area contributed by atoms with E-state index in [0.29, 0.717) is 13.2 Å². The van der Waals surface area contributed by atoms with Crippen LogP contribution in [0, 0.1) is 10.8 Å². The summed E-state index contributed by atoms with van der Waals surface area (Å²) in [6.45, 7) is 8.98. The first-order valence-electron chi connectivity index (χ1n) is 9.62. The molecule has 2 saturated heterocycles. The van der Waals surface area contributed by atoms with Crippen LogP contribution in [0.3, 0.4) is 0 Å². The molecule has 0 spiro atoms. The molecular weight excluding hydrogens is 328 g/mol. The number of fused-ring (bicyclic) bond motifs is 1. The van der Waals surface area contributed by atoms with Gasteiger partial charge in [-0.1, -0.05) is 38.1 Å². The highest BCUT2D eigenvalue weighted by molar-refractivity contribution is 5.93. The van der Waals surface area contributed by atoms with Gasteiger partial charge in [0.15, 0.2) is 0 Å². The topological polar surface area (TPSA) is 36.9 Å². The van der Waals surface area contributed by atoms with Crippen LogP contribution in [0.1, 0.15) is 26.7 Å². The molecule has 0 aromatic heterocycles. The second kappa shape index (κ2) is 7.09. The summed E-state index contributed by atoms with van der Waals surface area (Å²) in [5, 5.41) is 2.21. The zero-order chi connectivity index (χ0) is 18.0. The van der Waals surface area contributed by atoms with Gasteiger partial charge in [0.2, 0.25) is 0 Å². The third kappa shape index (κ3) is 3.17. The van der Waals surface area contributed by atoms with Crippen LogP contribution in [0.15, 0.2) is 36.4 Å². The first kappa shape index (κ1) is 17.6. The summed E-state index contributed by atoms with van der Waals surface area (Å²) >= 11 is 0. The fourth-order valence-electron chi connectivity index (χ4n) is 3.52. The zero-order valence-corrected chi connectivity index (χ0v) is 15.8. The lowest BCUT2D eigenvalue weighted by molar-refractivity contribution is -0.133. The van der Waals surface area contributed by atoms with Gasteiger partial charge in [0, 0.05) is 10.8 Å². The zero-order valence-electron chi connectivity index (χ0n) is 15.8. The minimum atomic E-state index is 0.175. The number of ether oxygens (including phenoxy) is 4. The molecule has 4 nitrogen and oxygen atoms in total. The highest BCUT2D eigenvalue weighted by atomic mass is 16.5. The lowest BCUT2D eigenvalue weighted by atomic mass is 9.84. The van der Waals surface area contributed by atoms with Crippen LogP contribution in [-0.2, 0) is 9.47 Å². The molecule has 4 rings (SSSR count). The van der Waals surface area contributed by atoms with E-state index in [1.54, 1.807) is 0 Å². The van der Waals surface area contributed by atoms with Crippen LogP contribution >= 0.6 is 0 Å². The van der Waals surface area contributed by atoms with Gasteiger partial charge in [-0.15, -0.1) is 0 Å². The van der Waals surface area contributed by atoms with Crippen molar-refractivity contribution in [3.8, 4) is 11.5 Å². The molecule has 2 aliphatic rings. The van der Waals surface area contributed by atoms with E-state index in [0.717, 1.165) is 61.5 Å². The summed E-state index contributed by atoms with van der Waals surface area (Å²) in [5.41, 5.74) is 0.349. The Kier molecular flexibility index (Phi) is 4.80. The highest BCUT2D eigenvalue weighted by Crippen LogP contribution is 2.38. The highest BCUT2D eigenvalue weighted by Gasteiger charge is 2.38. The molecule has 0 amide bonds. The van der Waals surface area contributed by atoms with E-state index in [1.807, 2.05) is 24.3 Å². The number of hydrogen-bond donors (Lipinski definition) is 0. The van der Waals surface area contributed by atoms with Crippen molar-refractivity contribution >= 4 is 10.8 Å². The Hall–Kier alpha value is -1.78. The molecule has 0 unspecified atom stereocenters. The van der Waals surface area contributed by atoms with Gasteiger partial charge in [-0.2, -0.15) is 0 Å². The maximum atomic E-state index is 6.22. The summed E-state index contributed by atoms with van der Waals surface area (Å²) in [6.07, 6.45) is 2.15. The Morgan fingerprint density at radius 1 is 0.731 bits per heavy atom. The molecule has 0 saturated carbocycles. The van der Waals surface area contributed by atoms with E-state index in [4.69, 9.17) is 18.9 Å². The van der Waals surface area contributed by atoms with Crippen molar-refractivity contribution in [2.45, 2.75) is 26.7 Å². The van der Waals surface area contributed by atoms with Gasteiger partial charge in [0.05, 0.1) is 50.5 Å². The first-order chi connectivity index (χ1) is 12.7. The monoisotopic (exact) mass is 356 g/mol. The fraction of sp³-hybridized carbons (Fsp3) is 0.545. The molecule has 2 aromatic rings. The summed E-state index contributed by atoms with van der Waals surface area (Å²) in [4.78, 5) is 0. The smallest absolute Gasteiger partial charge is 0.127 e. The minimum Gasteiger partial charge on any atom is -0.492 e. The molecule has 0 N–H and O–H groups in total. The molecule has 0 aliphatic carbocycles. The first-order valence-corrected chi connectivity index (χ1v) is 9.62. The van der Waals surface area contributed by atoms with E-state index in [9.17, 15) is 0 Å². The molecule has 2 fully saturated rings. The fourth-order valence-corrected chi connectivity index (χ4v) is 3.52. The Bertz CT molecular complexity index is 686. The van der Waals surface area contributed by atoms with Crippen molar-refractivity contribution in [3.63, 3.8) is 0 Å². The van der Waals surface area contributed by atoms with Crippen molar-refractivity contribution in [1.29, 1.82) is 0 Å². The van der Waals surface area contributed by atoms with Crippen LogP contribution in [-0.4, -0.2) is 39.6 Å². The maximum Gasteiger partial charge on any atom is 0.127 e. The van der Waals surface area contributed by atoms with Crippen molar-refractivity contribution in [2.24, 2.45) is 10.8 Å². The lowest BCUT2D eigenvalue weighted by Crippen LogP contribution is -2.46. The van der Waals surface area contributed by atoms with Crippen molar-refractivity contribution in [2.75, 3.05) is 39.6 Å². The second-order valence-electron chi connectivity index (χ2n) is 7.88. The van der Waals surface area contributed by atoms with Gasteiger partial charge in [-0.25, -0.2) is 0 Å². The van der Waals surface area contributed by atoms with E-state index >= 15 is 0 Å². The SMILES string of the molecule is CCC1(COc2ccc(OCC3(CC)COC3)c3ccccc23)COC1. The Balaban J connectivity index is 1.53. The molecule has 140 valence electrons. The van der Waals surface area contributed by atoms with Gasteiger partial charge in [-0.05, 0) is 25.0 Å². The number of rotatable bonds is 8. The molecule has 0 atom stereocenters. The van der Waals surface area contributed by atoms with Gasteiger partial charge in [0.1, 0.15) is 11.5 Å². The molecule has 2 aromatic carbocycles. The van der Waals surface area contributed by atoms with E-state index < -0.39 is 0 Å². The van der Waals surface area contributed by atoms with Gasteiger partial charge < -0.3 is 18.9 Å². The van der Waals surface area contributed by atoms with Gasteiger partial charge >= 0.3 is 0 Å². The predicted molar refractivity (Wildman–Crippen MR) is 102 cm³/mol. The Morgan fingerprint density at radius 2 is 1.15 bits per heavy atom. The van der Waals surface area contributed by atoms with Crippen LogP contribution in [0.4, 0.5) is 0 Å². The summed E-state index contributed by atoms with van der Waals surface area (Å²) in [6, 6.07) is 12.4. The molecule has 0 bridgehead atoms. The van der Waals surface area contributed by atoms with Crippen LogP contribution in [0.2, 0.25) is 0 Å². The van der Waals surface area contributed by atoms with Gasteiger partial charge in [-0.3, -0.25) is 0 Å². The lowest BCUT2D eigenvalue weighted by Gasteiger charge is -2.40. The van der Waals surface area contributed by atoms with Gasteiger partial charge in [0.25, 0.3) is 0 Å². The second-order valence-corrected chi connectivity index (χ2v) is 7.88. The molecule has 26 heavy (non-hydrogen) atoms. The van der Waals surface area contributed by atoms with Crippen molar-refractivity contribution < 1.29 is 18.9 Å². The third-order valence-electron chi connectivity index (χ3n) is 6.04.